The second-order valence-electron chi connectivity index (χ2n) is 7.29. The lowest BCUT2D eigenvalue weighted by molar-refractivity contribution is -0.113. The molecule has 0 radical (unpaired) electrons. The molecule has 0 aliphatic carbocycles. The maximum atomic E-state index is 12.5. The first-order valence-electron chi connectivity index (χ1n) is 9.70. The predicted molar refractivity (Wildman–Crippen MR) is 124 cm³/mol. The van der Waals surface area contributed by atoms with Crippen molar-refractivity contribution in [1.82, 2.24) is 20.1 Å². The Morgan fingerprint density at radius 2 is 1.81 bits per heavy atom. The first-order chi connectivity index (χ1) is 14.7. The number of halogens is 1. The largest absolute Gasteiger partial charge is 0.342 e. The molecule has 0 aliphatic heterocycles. The van der Waals surface area contributed by atoms with Crippen molar-refractivity contribution in [2.45, 2.75) is 32.0 Å². The molecule has 2 N–H and O–H groups in total. The zero-order chi connectivity index (χ0) is 22.5. The number of aromatic nitrogens is 3. The number of carbonyl (C=O) groups is 2. The molecule has 1 aromatic heterocycles. The van der Waals surface area contributed by atoms with Crippen molar-refractivity contribution in [3.05, 3.63) is 70.0 Å². The third-order valence-corrected chi connectivity index (χ3v) is 5.91. The van der Waals surface area contributed by atoms with Crippen molar-refractivity contribution in [1.29, 1.82) is 0 Å². The van der Waals surface area contributed by atoms with Gasteiger partial charge in [-0.2, -0.15) is 0 Å². The Kier molecular flexibility index (Phi) is 7.35. The molecule has 7 nitrogen and oxygen atoms in total. The van der Waals surface area contributed by atoms with Crippen molar-refractivity contribution < 1.29 is 9.59 Å². The van der Waals surface area contributed by atoms with Crippen molar-refractivity contribution in [2.24, 2.45) is 7.05 Å². The van der Waals surface area contributed by atoms with Crippen LogP contribution in [0.4, 0.5) is 5.69 Å². The first-order valence-corrected chi connectivity index (χ1v) is 11.1. The monoisotopic (exact) mass is 457 g/mol. The van der Waals surface area contributed by atoms with Crippen LogP contribution in [0.15, 0.2) is 47.6 Å². The maximum Gasteiger partial charge on any atom is 0.253 e. The van der Waals surface area contributed by atoms with Crippen LogP contribution in [-0.4, -0.2) is 32.3 Å². The molecule has 2 aromatic carbocycles. The Labute approximate surface area is 190 Å². The van der Waals surface area contributed by atoms with E-state index in [1.54, 1.807) is 35.9 Å². The van der Waals surface area contributed by atoms with Gasteiger partial charge in [0.1, 0.15) is 0 Å². The fourth-order valence-corrected chi connectivity index (χ4v) is 4.13. The molecule has 162 valence electrons. The molecule has 31 heavy (non-hydrogen) atoms. The van der Waals surface area contributed by atoms with E-state index in [0.717, 1.165) is 16.8 Å². The highest BCUT2D eigenvalue weighted by atomic mass is 35.5. The van der Waals surface area contributed by atoms with E-state index in [1.807, 2.05) is 32.9 Å². The van der Waals surface area contributed by atoms with Crippen molar-refractivity contribution in [2.75, 3.05) is 11.1 Å². The van der Waals surface area contributed by atoms with Gasteiger partial charge in [0, 0.05) is 12.7 Å². The Hall–Kier alpha value is -2.84. The Bertz CT molecular complexity index is 1090. The molecule has 9 heteroatoms. The molecule has 0 fully saturated rings. The quantitative estimate of drug-likeness (QED) is 0.516. The maximum absolute atomic E-state index is 12.5. The lowest BCUT2D eigenvalue weighted by atomic mass is 10.1. The van der Waals surface area contributed by atoms with E-state index >= 15 is 0 Å². The van der Waals surface area contributed by atoms with Gasteiger partial charge >= 0.3 is 0 Å². The summed E-state index contributed by atoms with van der Waals surface area (Å²) in [5.74, 6) is 0.361. The van der Waals surface area contributed by atoms with Crippen LogP contribution in [-0.2, 0) is 11.8 Å². The second-order valence-corrected chi connectivity index (χ2v) is 8.64. The number of nitrogens with zero attached hydrogens (tertiary/aromatic N) is 3. The van der Waals surface area contributed by atoms with E-state index in [4.69, 9.17) is 11.6 Å². The number of benzene rings is 2. The van der Waals surface area contributed by atoms with Gasteiger partial charge in [0.05, 0.1) is 22.4 Å². The van der Waals surface area contributed by atoms with Crippen LogP contribution in [0.1, 0.15) is 40.3 Å². The summed E-state index contributed by atoms with van der Waals surface area (Å²) in [7, 11) is 1.80. The Morgan fingerprint density at radius 3 is 2.48 bits per heavy atom. The van der Waals surface area contributed by atoms with Crippen molar-refractivity contribution in [3.8, 4) is 0 Å². The number of amides is 2. The standard InChI is InChI=1S/C22H24ClN5O2S/c1-13-9-14(2)11-16(10-13)25-19(29)12-31-22-27-26-20(28(22)4)15(3)24-21(30)17-7-5-6-8-18(17)23/h5-11,15H,12H2,1-4H3,(H,24,30)(H,25,29)/t15-/m0/s1. The zero-order valence-electron chi connectivity index (χ0n) is 17.8. The summed E-state index contributed by atoms with van der Waals surface area (Å²) in [5, 5.41) is 15.1. The van der Waals surface area contributed by atoms with Gasteiger partial charge < -0.3 is 15.2 Å². The molecule has 3 aromatic rings. The summed E-state index contributed by atoms with van der Waals surface area (Å²) >= 11 is 7.38. The van der Waals surface area contributed by atoms with Crippen LogP contribution in [0.2, 0.25) is 5.02 Å². The third kappa shape index (κ3) is 5.86. The summed E-state index contributed by atoms with van der Waals surface area (Å²) in [6, 6.07) is 12.4. The Balaban J connectivity index is 1.59. The molecule has 0 aliphatic rings. The number of hydrogen-bond acceptors (Lipinski definition) is 5. The normalized spacial score (nSPS) is 11.8. The molecular formula is C22H24ClN5O2S. The van der Waals surface area contributed by atoms with Crippen LogP contribution in [0, 0.1) is 13.8 Å². The summed E-state index contributed by atoms with van der Waals surface area (Å²) < 4.78 is 1.77. The number of nitrogens with one attached hydrogen (secondary N) is 2. The molecule has 1 heterocycles. The SMILES string of the molecule is Cc1cc(C)cc(NC(=O)CSc2nnc([C@H](C)NC(=O)c3ccccc3Cl)n2C)c1. The van der Waals surface area contributed by atoms with Gasteiger partial charge in [0.2, 0.25) is 5.91 Å². The molecule has 0 bridgehead atoms. The van der Waals surface area contributed by atoms with Crippen LogP contribution in [0.25, 0.3) is 0 Å². The van der Waals surface area contributed by atoms with Crippen molar-refractivity contribution >= 4 is 40.9 Å². The summed E-state index contributed by atoms with van der Waals surface area (Å²) in [4.78, 5) is 24.8. The molecule has 0 saturated heterocycles. The number of thioether (sulfide) groups is 1. The Morgan fingerprint density at radius 1 is 1.13 bits per heavy atom. The van der Waals surface area contributed by atoms with E-state index in [9.17, 15) is 9.59 Å². The highest BCUT2D eigenvalue weighted by molar-refractivity contribution is 7.99. The van der Waals surface area contributed by atoms with Crippen molar-refractivity contribution in [3.63, 3.8) is 0 Å². The first kappa shape index (κ1) is 22.8. The van der Waals surface area contributed by atoms with E-state index in [0.29, 0.717) is 21.6 Å². The molecule has 0 spiro atoms. The van der Waals surface area contributed by atoms with Crippen LogP contribution >= 0.6 is 23.4 Å². The number of anilines is 1. The number of aryl methyl sites for hydroxylation is 2. The fourth-order valence-electron chi connectivity index (χ4n) is 3.19. The van der Waals surface area contributed by atoms with Crippen LogP contribution < -0.4 is 10.6 Å². The zero-order valence-corrected chi connectivity index (χ0v) is 19.3. The van der Waals surface area contributed by atoms with Gasteiger partial charge in [-0.1, -0.05) is 41.6 Å². The minimum Gasteiger partial charge on any atom is -0.342 e. The molecule has 1 atom stereocenters. The van der Waals surface area contributed by atoms with Crippen LogP contribution in [0.5, 0.6) is 0 Å². The molecule has 0 unspecified atom stereocenters. The minimum atomic E-state index is -0.389. The average molecular weight is 458 g/mol. The fraction of sp³-hybridized carbons (Fsp3) is 0.273. The molecule has 3 rings (SSSR count). The van der Waals surface area contributed by atoms with Gasteiger partial charge in [-0.25, -0.2) is 0 Å². The third-order valence-electron chi connectivity index (χ3n) is 4.56. The van der Waals surface area contributed by atoms with E-state index in [-0.39, 0.29) is 23.6 Å². The molecule has 0 saturated carbocycles. The van der Waals surface area contributed by atoms with E-state index < -0.39 is 0 Å². The average Bonchev–Trinajstić information content (AvgIpc) is 3.06. The highest BCUT2D eigenvalue weighted by Gasteiger charge is 2.20. The highest BCUT2D eigenvalue weighted by Crippen LogP contribution is 2.21. The predicted octanol–water partition coefficient (Wildman–Crippen LogP) is 4.31. The van der Waals surface area contributed by atoms with Gasteiger partial charge in [-0.15, -0.1) is 10.2 Å². The topological polar surface area (TPSA) is 88.9 Å². The lowest BCUT2D eigenvalue weighted by Gasteiger charge is -2.14. The minimum absolute atomic E-state index is 0.125. The lowest BCUT2D eigenvalue weighted by Crippen LogP contribution is -2.28. The van der Waals surface area contributed by atoms with E-state index in [2.05, 4.69) is 26.9 Å². The number of carbonyl (C=O) groups excluding carboxylic acids is 2. The van der Waals surface area contributed by atoms with Gasteiger partial charge in [-0.05, 0) is 56.2 Å². The second kappa shape index (κ2) is 9.98. The van der Waals surface area contributed by atoms with E-state index in [1.165, 1.54) is 11.8 Å². The summed E-state index contributed by atoms with van der Waals surface area (Å²) in [5.41, 5.74) is 3.36. The molecular weight excluding hydrogens is 434 g/mol. The number of hydrogen-bond donors (Lipinski definition) is 2. The van der Waals surface area contributed by atoms with Gasteiger partial charge in [0.25, 0.3) is 5.91 Å². The number of rotatable bonds is 7. The summed E-state index contributed by atoms with van der Waals surface area (Å²) in [6.45, 7) is 5.80. The molecule has 2 amide bonds. The van der Waals surface area contributed by atoms with Crippen LogP contribution in [0.3, 0.4) is 0 Å². The smallest absolute Gasteiger partial charge is 0.253 e. The van der Waals surface area contributed by atoms with Gasteiger partial charge in [-0.3, -0.25) is 9.59 Å². The van der Waals surface area contributed by atoms with Gasteiger partial charge in [0.15, 0.2) is 11.0 Å². The summed E-state index contributed by atoms with van der Waals surface area (Å²) in [6.07, 6.45) is 0.